The highest BCUT2D eigenvalue weighted by atomic mass is 35.5. The van der Waals surface area contributed by atoms with Gasteiger partial charge >= 0.3 is 0 Å². The van der Waals surface area contributed by atoms with Crippen molar-refractivity contribution in [2.45, 2.75) is 19.0 Å². The number of nitrogens with one attached hydrogen (secondary N) is 1. The number of rotatable bonds is 5. The highest BCUT2D eigenvalue weighted by Gasteiger charge is 2.23. The van der Waals surface area contributed by atoms with Gasteiger partial charge in [-0.1, -0.05) is 17.7 Å². The fourth-order valence-electron chi connectivity index (χ4n) is 3.56. The molecule has 1 N–H and O–H groups in total. The van der Waals surface area contributed by atoms with Gasteiger partial charge in [0.2, 0.25) is 5.95 Å². The van der Waals surface area contributed by atoms with E-state index in [1.54, 1.807) is 12.3 Å². The summed E-state index contributed by atoms with van der Waals surface area (Å²) < 4.78 is 19.0. The first-order valence-electron chi connectivity index (χ1n) is 9.26. The molecule has 6 nitrogen and oxygen atoms in total. The molecule has 3 heterocycles. The Labute approximate surface area is 163 Å². The molecule has 27 heavy (non-hydrogen) atoms. The van der Waals surface area contributed by atoms with Crippen molar-refractivity contribution in [2.75, 3.05) is 49.6 Å². The first-order valence-corrected chi connectivity index (χ1v) is 9.64. The third kappa shape index (κ3) is 4.66. The molecule has 8 heteroatoms. The van der Waals surface area contributed by atoms with Gasteiger partial charge in [-0.05, 0) is 30.2 Å². The molecule has 144 valence electrons. The van der Waals surface area contributed by atoms with E-state index in [4.69, 9.17) is 16.3 Å². The summed E-state index contributed by atoms with van der Waals surface area (Å²) in [5.74, 6) is 1.22. The van der Waals surface area contributed by atoms with Gasteiger partial charge in [0, 0.05) is 45.0 Å². The SMILES string of the molecule is Fc1cc(CN2CCC(Nc3nccc(N4CCOCC4)n3)C2)ccc1Cl. The van der Waals surface area contributed by atoms with Gasteiger partial charge in [0.05, 0.1) is 18.2 Å². The van der Waals surface area contributed by atoms with Crippen molar-refractivity contribution in [3.63, 3.8) is 0 Å². The van der Waals surface area contributed by atoms with Gasteiger partial charge in [0.25, 0.3) is 0 Å². The van der Waals surface area contributed by atoms with Crippen molar-refractivity contribution >= 4 is 23.4 Å². The van der Waals surface area contributed by atoms with Crippen molar-refractivity contribution in [1.82, 2.24) is 14.9 Å². The Morgan fingerprint density at radius 3 is 2.89 bits per heavy atom. The molecule has 1 atom stereocenters. The predicted octanol–water partition coefficient (Wildman–Crippen LogP) is 2.79. The number of benzene rings is 1. The average molecular weight is 392 g/mol. The lowest BCUT2D eigenvalue weighted by molar-refractivity contribution is 0.122. The quantitative estimate of drug-likeness (QED) is 0.845. The van der Waals surface area contributed by atoms with Gasteiger partial charge in [-0.15, -0.1) is 0 Å². The predicted molar refractivity (Wildman–Crippen MR) is 104 cm³/mol. The molecule has 0 amide bonds. The molecule has 0 saturated carbocycles. The average Bonchev–Trinajstić information content (AvgIpc) is 3.12. The van der Waals surface area contributed by atoms with E-state index in [1.165, 1.54) is 6.07 Å². The maximum Gasteiger partial charge on any atom is 0.224 e. The monoisotopic (exact) mass is 391 g/mol. The van der Waals surface area contributed by atoms with E-state index in [0.717, 1.165) is 57.2 Å². The zero-order valence-electron chi connectivity index (χ0n) is 15.1. The van der Waals surface area contributed by atoms with Crippen LogP contribution in [0.15, 0.2) is 30.5 Å². The van der Waals surface area contributed by atoms with E-state index in [0.29, 0.717) is 12.5 Å². The van der Waals surface area contributed by atoms with E-state index in [1.807, 2.05) is 12.1 Å². The highest BCUT2D eigenvalue weighted by Crippen LogP contribution is 2.21. The number of hydrogen-bond acceptors (Lipinski definition) is 6. The summed E-state index contributed by atoms with van der Waals surface area (Å²) in [7, 11) is 0. The zero-order valence-corrected chi connectivity index (χ0v) is 15.8. The maximum absolute atomic E-state index is 13.6. The Balaban J connectivity index is 1.33. The first-order chi connectivity index (χ1) is 13.2. The lowest BCUT2D eigenvalue weighted by Gasteiger charge is -2.28. The summed E-state index contributed by atoms with van der Waals surface area (Å²) in [5, 5.41) is 3.60. The third-order valence-corrected chi connectivity index (χ3v) is 5.28. The molecule has 1 unspecified atom stereocenters. The Kier molecular flexibility index (Phi) is 5.71. The molecule has 1 aromatic carbocycles. The smallest absolute Gasteiger partial charge is 0.224 e. The molecule has 4 rings (SSSR count). The number of aromatic nitrogens is 2. The lowest BCUT2D eigenvalue weighted by Crippen LogP contribution is -2.37. The van der Waals surface area contributed by atoms with E-state index in [-0.39, 0.29) is 16.9 Å². The van der Waals surface area contributed by atoms with E-state index in [9.17, 15) is 4.39 Å². The molecular formula is C19H23ClFN5O. The van der Waals surface area contributed by atoms with Crippen LogP contribution in [0.25, 0.3) is 0 Å². The maximum atomic E-state index is 13.6. The second-order valence-corrected chi connectivity index (χ2v) is 7.36. The van der Waals surface area contributed by atoms with Crippen LogP contribution in [0.3, 0.4) is 0 Å². The summed E-state index contributed by atoms with van der Waals surface area (Å²) in [6, 6.07) is 7.22. The number of anilines is 2. The number of hydrogen-bond donors (Lipinski definition) is 1. The van der Waals surface area contributed by atoms with Gasteiger partial charge in [-0.25, -0.2) is 9.37 Å². The number of likely N-dealkylation sites (tertiary alicyclic amines) is 1. The molecule has 2 aromatic rings. The van der Waals surface area contributed by atoms with Gasteiger partial charge in [0.15, 0.2) is 0 Å². The molecular weight excluding hydrogens is 369 g/mol. The lowest BCUT2D eigenvalue weighted by atomic mass is 10.2. The Morgan fingerprint density at radius 2 is 2.07 bits per heavy atom. The fraction of sp³-hybridized carbons (Fsp3) is 0.474. The summed E-state index contributed by atoms with van der Waals surface area (Å²) in [5.41, 5.74) is 0.933. The van der Waals surface area contributed by atoms with Crippen LogP contribution in [0.4, 0.5) is 16.2 Å². The van der Waals surface area contributed by atoms with Crippen LogP contribution in [0.2, 0.25) is 5.02 Å². The van der Waals surface area contributed by atoms with Crippen LogP contribution >= 0.6 is 11.6 Å². The summed E-state index contributed by atoms with van der Waals surface area (Å²) >= 11 is 5.76. The number of halogens is 2. The summed E-state index contributed by atoms with van der Waals surface area (Å²) in [4.78, 5) is 13.5. The molecule has 0 aliphatic carbocycles. The molecule has 2 saturated heterocycles. The number of ether oxygens (including phenoxy) is 1. The number of morpholine rings is 1. The molecule has 0 radical (unpaired) electrons. The van der Waals surface area contributed by atoms with Crippen molar-refractivity contribution in [2.24, 2.45) is 0 Å². The van der Waals surface area contributed by atoms with Crippen molar-refractivity contribution in [1.29, 1.82) is 0 Å². The number of nitrogens with zero attached hydrogens (tertiary/aromatic N) is 4. The minimum atomic E-state index is -0.364. The Bertz CT molecular complexity index is 786. The van der Waals surface area contributed by atoms with Crippen LogP contribution in [-0.2, 0) is 11.3 Å². The van der Waals surface area contributed by atoms with E-state index >= 15 is 0 Å². The van der Waals surface area contributed by atoms with Crippen LogP contribution in [0.5, 0.6) is 0 Å². The van der Waals surface area contributed by atoms with Crippen LogP contribution < -0.4 is 10.2 Å². The minimum absolute atomic E-state index is 0.164. The standard InChI is InChI=1S/C19H23ClFN5O/c20-16-2-1-14(11-17(16)21)12-25-6-4-15(13-25)23-19-22-5-3-18(24-19)26-7-9-27-10-8-26/h1-3,5,11,15H,4,6-10,12-13H2,(H,22,23,24). The van der Waals surface area contributed by atoms with Crippen LogP contribution in [0.1, 0.15) is 12.0 Å². The minimum Gasteiger partial charge on any atom is -0.378 e. The normalized spacial score (nSPS) is 20.8. The fourth-order valence-corrected chi connectivity index (χ4v) is 3.68. The summed E-state index contributed by atoms with van der Waals surface area (Å²) in [6.45, 7) is 5.70. The van der Waals surface area contributed by atoms with Crippen LogP contribution in [0, 0.1) is 5.82 Å². The van der Waals surface area contributed by atoms with E-state index in [2.05, 4.69) is 25.1 Å². The largest absolute Gasteiger partial charge is 0.378 e. The molecule has 2 aliphatic heterocycles. The van der Waals surface area contributed by atoms with Crippen LogP contribution in [-0.4, -0.2) is 60.3 Å². The highest BCUT2D eigenvalue weighted by molar-refractivity contribution is 6.30. The molecule has 2 aliphatic rings. The van der Waals surface area contributed by atoms with Gasteiger partial charge in [-0.3, -0.25) is 4.90 Å². The first kappa shape index (κ1) is 18.4. The molecule has 1 aromatic heterocycles. The van der Waals surface area contributed by atoms with Crippen molar-refractivity contribution in [3.05, 3.63) is 46.9 Å². The summed E-state index contributed by atoms with van der Waals surface area (Å²) in [6.07, 6.45) is 2.80. The molecule has 0 bridgehead atoms. The van der Waals surface area contributed by atoms with Gasteiger partial charge in [0.1, 0.15) is 11.6 Å². The van der Waals surface area contributed by atoms with Crippen molar-refractivity contribution < 1.29 is 9.13 Å². The van der Waals surface area contributed by atoms with Gasteiger partial charge < -0.3 is 15.0 Å². The van der Waals surface area contributed by atoms with Gasteiger partial charge in [-0.2, -0.15) is 4.98 Å². The van der Waals surface area contributed by atoms with Crippen molar-refractivity contribution in [3.8, 4) is 0 Å². The molecule has 0 spiro atoms. The third-order valence-electron chi connectivity index (χ3n) is 4.97. The second-order valence-electron chi connectivity index (χ2n) is 6.95. The van der Waals surface area contributed by atoms with E-state index < -0.39 is 0 Å². The molecule has 2 fully saturated rings. The topological polar surface area (TPSA) is 53.5 Å². The Hall–Kier alpha value is -1.96. The second kappa shape index (κ2) is 8.37. The Morgan fingerprint density at radius 1 is 1.22 bits per heavy atom. The zero-order chi connectivity index (χ0) is 18.6.